The molecule has 0 fully saturated rings. The highest BCUT2D eigenvalue weighted by Gasteiger charge is 2.22. The Morgan fingerprint density at radius 2 is 0.941 bits per heavy atom. The number of hydrogen-bond donors (Lipinski definition) is 4. The van der Waals surface area contributed by atoms with E-state index in [9.17, 15) is 46.2 Å². The normalized spacial score (nSPS) is 11.6. The fourth-order valence-electron chi connectivity index (χ4n) is 2.83. The van der Waals surface area contributed by atoms with Crippen LogP contribution in [0.25, 0.3) is 0 Å². The Labute approximate surface area is 191 Å². The maximum Gasteiger partial charge on any atom is 0.296 e. The predicted molar refractivity (Wildman–Crippen MR) is 119 cm³/mol. The van der Waals surface area contributed by atoms with Gasteiger partial charge in [-0.25, -0.2) is 0 Å². The summed E-state index contributed by atoms with van der Waals surface area (Å²) in [5.74, 6) is 0. The van der Waals surface area contributed by atoms with Crippen molar-refractivity contribution in [1.29, 1.82) is 0 Å². The molecule has 4 N–H and O–H groups in total. The van der Waals surface area contributed by atoms with Crippen molar-refractivity contribution in [1.82, 2.24) is 0 Å². The standard InChI is InChI=1S/C18H14N4O10S2/c23-21(24)13-5-7-15(17(9-13)33(27,28)29)19-11-1-2-12(4-3-11)20-16-8-6-14(22(25)26)10-18(16)34(30,31)32/h1-10,19-20H,(H,27,28,29)(H,30,31,32). The minimum Gasteiger partial charge on any atom is -0.354 e. The van der Waals surface area contributed by atoms with E-state index < -0.39 is 51.2 Å². The van der Waals surface area contributed by atoms with Crippen molar-refractivity contribution < 1.29 is 35.8 Å². The third-order valence-electron chi connectivity index (χ3n) is 4.35. The highest BCUT2D eigenvalue weighted by Crippen LogP contribution is 2.31. The molecule has 34 heavy (non-hydrogen) atoms. The number of nitro groups is 2. The van der Waals surface area contributed by atoms with Crippen LogP contribution < -0.4 is 10.6 Å². The predicted octanol–water partition coefficient (Wildman–Crippen LogP) is 3.48. The summed E-state index contributed by atoms with van der Waals surface area (Å²) >= 11 is 0. The van der Waals surface area contributed by atoms with Crippen LogP contribution in [0.2, 0.25) is 0 Å². The van der Waals surface area contributed by atoms with Gasteiger partial charge < -0.3 is 10.6 Å². The lowest BCUT2D eigenvalue weighted by molar-refractivity contribution is -0.385. The Morgan fingerprint density at radius 3 is 1.21 bits per heavy atom. The van der Waals surface area contributed by atoms with Crippen molar-refractivity contribution in [2.24, 2.45) is 0 Å². The Morgan fingerprint density at radius 1 is 0.618 bits per heavy atom. The highest BCUT2D eigenvalue weighted by molar-refractivity contribution is 7.86. The molecule has 0 saturated carbocycles. The number of anilines is 4. The maximum absolute atomic E-state index is 11.6. The molecule has 3 rings (SSSR count). The van der Waals surface area contributed by atoms with Crippen molar-refractivity contribution >= 4 is 54.4 Å². The van der Waals surface area contributed by atoms with Gasteiger partial charge in [0, 0.05) is 35.6 Å². The summed E-state index contributed by atoms with van der Waals surface area (Å²) < 4.78 is 65.3. The first kappa shape index (κ1) is 24.5. The first-order valence-corrected chi connectivity index (χ1v) is 11.8. The van der Waals surface area contributed by atoms with Gasteiger partial charge in [-0.05, 0) is 36.4 Å². The third-order valence-corrected chi connectivity index (χ3v) is 6.14. The van der Waals surface area contributed by atoms with Crippen LogP contribution in [0.1, 0.15) is 0 Å². The van der Waals surface area contributed by atoms with Crippen LogP contribution in [0.4, 0.5) is 34.1 Å². The topological polar surface area (TPSA) is 219 Å². The van der Waals surface area contributed by atoms with E-state index in [1.807, 2.05) is 0 Å². The fraction of sp³-hybridized carbons (Fsp3) is 0. The molecule has 0 saturated heterocycles. The van der Waals surface area contributed by atoms with E-state index >= 15 is 0 Å². The average molecular weight is 510 g/mol. The minimum absolute atomic E-state index is 0.141. The summed E-state index contributed by atoms with van der Waals surface area (Å²) in [6.07, 6.45) is 0. The summed E-state index contributed by atoms with van der Waals surface area (Å²) in [6, 6.07) is 11.4. The summed E-state index contributed by atoms with van der Waals surface area (Å²) in [5.41, 5.74) is -0.785. The molecule has 0 heterocycles. The number of rotatable bonds is 8. The lowest BCUT2D eigenvalue weighted by atomic mass is 10.2. The second kappa shape index (κ2) is 9.02. The minimum atomic E-state index is -4.79. The number of nitro benzene ring substituents is 2. The van der Waals surface area contributed by atoms with E-state index in [1.54, 1.807) is 0 Å². The van der Waals surface area contributed by atoms with Crippen LogP contribution >= 0.6 is 0 Å². The molecule has 14 nitrogen and oxygen atoms in total. The Kier molecular flexibility index (Phi) is 6.51. The van der Waals surface area contributed by atoms with Crippen molar-refractivity contribution in [2.45, 2.75) is 9.79 Å². The molecule has 16 heteroatoms. The summed E-state index contributed by atoms with van der Waals surface area (Å²) in [7, 11) is -9.59. The van der Waals surface area contributed by atoms with Gasteiger partial charge in [-0.15, -0.1) is 0 Å². The first-order valence-electron chi connectivity index (χ1n) is 8.92. The van der Waals surface area contributed by atoms with Gasteiger partial charge in [-0.2, -0.15) is 16.8 Å². The zero-order chi connectivity index (χ0) is 25.3. The molecule has 0 unspecified atom stereocenters. The lowest BCUT2D eigenvalue weighted by Gasteiger charge is -2.13. The Balaban J connectivity index is 1.89. The van der Waals surface area contributed by atoms with Crippen LogP contribution in [-0.4, -0.2) is 35.8 Å². The molecular formula is C18H14N4O10S2. The summed E-state index contributed by atoms with van der Waals surface area (Å²) in [5, 5.41) is 27.2. The van der Waals surface area contributed by atoms with Gasteiger partial charge in [0.25, 0.3) is 31.6 Å². The van der Waals surface area contributed by atoms with Crippen LogP contribution in [0.5, 0.6) is 0 Å². The van der Waals surface area contributed by atoms with E-state index in [1.165, 1.54) is 24.3 Å². The van der Waals surface area contributed by atoms with Gasteiger partial charge >= 0.3 is 0 Å². The molecule has 0 aliphatic heterocycles. The van der Waals surface area contributed by atoms with E-state index in [2.05, 4.69) is 10.6 Å². The molecule has 0 spiro atoms. The molecule has 0 amide bonds. The van der Waals surface area contributed by atoms with Gasteiger partial charge in [0.1, 0.15) is 9.79 Å². The number of hydrogen-bond acceptors (Lipinski definition) is 10. The van der Waals surface area contributed by atoms with Crippen molar-refractivity contribution in [3.8, 4) is 0 Å². The molecule has 0 bridgehead atoms. The average Bonchev–Trinajstić information content (AvgIpc) is 2.74. The van der Waals surface area contributed by atoms with Crippen LogP contribution in [-0.2, 0) is 20.2 Å². The smallest absolute Gasteiger partial charge is 0.296 e. The SMILES string of the molecule is O=[N+]([O-])c1ccc(Nc2ccc(Nc3ccc([N+](=O)[O-])cc3S(=O)(=O)O)cc2)c(S(=O)(=O)O)c1. The van der Waals surface area contributed by atoms with Crippen LogP contribution in [0.15, 0.2) is 70.5 Å². The zero-order valence-electron chi connectivity index (χ0n) is 16.6. The molecule has 0 aliphatic rings. The van der Waals surface area contributed by atoms with E-state index in [0.29, 0.717) is 23.5 Å². The van der Waals surface area contributed by atoms with Crippen molar-refractivity contribution in [3.63, 3.8) is 0 Å². The Hall–Kier alpha value is -4.12. The number of benzene rings is 3. The molecule has 0 atom stereocenters. The van der Waals surface area contributed by atoms with Gasteiger partial charge in [-0.3, -0.25) is 29.3 Å². The zero-order valence-corrected chi connectivity index (χ0v) is 18.3. The maximum atomic E-state index is 11.6. The number of nitrogens with zero attached hydrogens (tertiary/aromatic N) is 2. The molecule has 0 aliphatic carbocycles. The van der Waals surface area contributed by atoms with Gasteiger partial charge in [0.2, 0.25) is 0 Å². The van der Waals surface area contributed by atoms with Gasteiger partial charge in [0.05, 0.1) is 21.2 Å². The quantitative estimate of drug-likeness (QED) is 0.194. The first-order chi connectivity index (χ1) is 15.8. The molecule has 3 aromatic carbocycles. The molecular weight excluding hydrogens is 496 g/mol. The molecule has 0 aromatic heterocycles. The van der Waals surface area contributed by atoms with E-state index in [0.717, 1.165) is 24.3 Å². The van der Waals surface area contributed by atoms with E-state index in [4.69, 9.17) is 0 Å². The van der Waals surface area contributed by atoms with Crippen LogP contribution in [0, 0.1) is 20.2 Å². The second-order valence-electron chi connectivity index (χ2n) is 6.65. The van der Waals surface area contributed by atoms with Crippen LogP contribution in [0.3, 0.4) is 0 Å². The monoisotopic (exact) mass is 510 g/mol. The fourth-order valence-corrected chi connectivity index (χ4v) is 4.16. The molecule has 0 radical (unpaired) electrons. The number of nitrogens with one attached hydrogen (secondary N) is 2. The van der Waals surface area contributed by atoms with E-state index in [-0.39, 0.29) is 11.4 Å². The summed E-state index contributed by atoms with van der Waals surface area (Å²) in [4.78, 5) is 18.7. The Bertz CT molecular complexity index is 1390. The lowest BCUT2D eigenvalue weighted by Crippen LogP contribution is -2.05. The van der Waals surface area contributed by atoms with Crippen molar-refractivity contribution in [3.05, 3.63) is 80.9 Å². The van der Waals surface area contributed by atoms with Gasteiger partial charge in [-0.1, -0.05) is 0 Å². The van der Waals surface area contributed by atoms with Crippen molar-refractivity contribution in [2.75, 3.05) is 10.6 Å². The number of non-ortho nitro benzene ring substituents is 2. The largest absolute Gasteiger partial charge is 0.354 e. The van der Waals surface area contributed by atoms with Gasteiger partial charge in [0.15, 0.2) is 0 Å². The third kappa shape index (κ3) is 5.62. The molecule has 178 valence electrons. The molecule has 3 aromatic rings. The highest BCUT2D eigenvalue weighted by atomic mass is 32.2. The second-order valence-corrected chi connectivity index (χ2v) is 9.43. The summed E-state index contributed by atoms with van der Waals surface area (Å²) in [6.45, 7) is 0.